The van der Waals surface area contributed by atoms with Crippen LogP contribution in [0.2, 0.25) is 0 Å². The molecule has 0 spiro atoms. The minimum absolute atomic E-state index is 0.135. The summed E-state index contributed by atoms with van der Waals surface area (Å²) < 4.78 is 5.29. The molecule has 0 amide bonds. The lowest BCUT2D eigenvalue weighted by atomic mass is 10.2. The number of hydrogen-bond acceptors (Lipinski definition) is 4. The molecular formula is C17H32N4O2. The predicted molar refractivity (Wildman–Crippen MR) is 92.6 cm³/mol. The molecule has 0 bridgehead atoms. The van der Waals surface area contributed by atoms with Gasteiger partial charge in [-0.3, -0.25) is 14.7 Å². The normalized spacial score (nSPS) is 24.0. The molecule has 1 aliphatic carbocycles. The van der Waals surface area contributed by atoms with E-state index in [0.29, 0.717) is 12.0 Å². The summed E-state index contributed by atoms with van der Waals surface area (Å²) in [6.07, 6.45) is 6.57. The second-order valence-corrected chi connectivity index (χ2v) is 7.58. The number of carbonyl (C=O) groups is 1. The number of carbonyl (C=O) groups excluding carboxylic acids is 1. The van der Waals surface area contributed by atoms with Crippen LogP contribution in [0.25, 0.3) is 0 Å². The molecule has 1 heterocycles. The number of esters is 1. The fourth-order valence-electron chi connectivity index (χ4n) is 3.43. The van der Waals surface area contributed by atoms with Gasteiger partial charge in [-0.15, -0.1) is 0 Å². The van der Waals surface area contributed by atoms with Gasteiger partial charge < -0.3 is 15.4 Å². The number of ether oxygens (including phenoxy) is 1. The van der Waals surface area contributed by atoms with Crippen LogP contribution in [0.3, 0.4) is 0 Å². The number of rotatable bonds is 4. The monoisotopic (exact) mass is 324 g/mol. The van der Waals surface area contributed by atoms with Gasteiger partial charge >= 0.3 is 5.97 Å². The maximum atomic E-state index is 11.8. The third kappa shape index (κ3) is 6.01. The van der Waals surface area contributed by atoms with Crippen LogP contribution in [0.5, 0.6) is 0 Å². The Kier molecular flexibility index (Phi) is 6.27. The topological polar surface area (TPSA) is 66.0 Å². The van der Waals surface area contributed by atoms with Crippen LogP contribution < -0.4 is 10.6 Å². The number of nitrogens with one attached hydrogen (secondary N) is 2. The molecular weight excluding hydrogens is 292 g/mol. The lowest BCUT2D eigenvalue weighted by Gasteiger charge is -2.24. The number of guanidine groups is 1. The fourth-order valence-corrected chi connectivity index (χ4v) is 3.43. The lowest BCUT2D eigenvalue weighted by molar-refractivity contribution is -0.153. The van der Waals surface area contributed by atoms with E-state index in [4.69, 9.17) is 4.74 Å². The molecule has 1 unspecified atom stereocenters. The number of nitrogens with zero attached hydrogens (tertiary/aromatic N) is 2. The summed E-state index contributed by atoms with van der Waals surface area (Å²) >= 11 is 0. The van der Waals surface area contributed by atoms with E-state index >= 15 is 0 Å². The highest BCUT2D eigenvalue weighted by Gasteiger charge is 2.30. The maximum Gasteiger partial charge on any atom is 0.325 e. The number of aliphatic imine (C=N–C) groups is 1. The van der Waals surface area contributed by atoms with Crippen molar-refractivity contribution in [1.82, 2.24) is 15.5 Å². The van der Waals surface area contributed by atoms with Gasteiger partial charge in [-0.05, 0) is 40.0 Å². The maximum absolute atomic E-state index is 11.8. The van der Waals surface area contributed by atoms with Crippen LogP contribution in [-0.4, -0.2) is 61.2 Å². The molecule has 0 radical (unpaired) electrons. The van der Waals surface area contributed by atoms with Gasteiger partial charge in [-0.25, -0.2) is 0 Å². The van der Waals surface area contributed by atoms with Gasteiger partial charge in [0.05, 0.1) is 0 Å². The van der Waals surface area contributed by atoms with Crippen molar-refractivity contribution < 1.29 is 9.53 Å². The fraction of sp³-hybridized carbons (Fsp3) is 0.882. The Hall–Kier alpha value is -1.30. The Bertz CT molecular complexity index is 425. The zero-order valence-electron chi connectivity index (χ0n) is 15.0. The quantitative estimate of drug-likeness (QED) is 0.466. The zero-order valence-corrected chi connectivity index (χ0v) is 15.0. The van der Waals surface area contributed by atoms with Crippen LogP contribution in [-0.2, 0) is 9.53 Å². The molecule has 1 atom stereocenters. The molecule has 2 rings (SSSR count). The van der Waals surface area contributed by atoms with Crippen molar-refractivity contribution in [2.45, 2.75) is 70.6 Å². The molecule has 2 aliphatic rings. The van der Waals surface area contributed by atoms with Crippen LogP contribution in [0.4, 0.5) is 0 Å². The van der Waals surface area contributed by atoms with E-state index in [0.717, 1.165) is 25.6 Å². The van der Waals surface area contributed by atoms with E-state index in [1.54, 1.807) is 7.05 Å². The first kappa shape index (κ1) is 18.0. The number of hydrogen-bond donors (Lipinski definition) is 2. The molecule has 132 valence electrons. The highest BCUT2D eigenvalue weighted by Crippen LogP contribution is 2.26. The molecule has 6 heteroatoms. The SMILES string of the molecule is CN=C(NCC(=O)OC(C)(C)C)NC1CCN(C2CCCC2)C1. The summed E-state index contributed by atoms with van der Waals surface area (Å²) in [4.78, 5) is 18.6. The molecule has 1 aliphatic heterocycles. The van der Waals surface area contributed by atoms with Crippen molar-refractivity contribution in [1.29, 1.82) is 0 Å². The third-order valence-corrected chi connectivity index (χ3v) is 4.45. The molecule has 0 aromatic carbocycles. The summed E-state index contributed by atoms with van der Waals surface area (Å²) in [6, 6.07) is 1.18. The van der Waals surface area contributed by atoms with Crippen LogP contribution >= 0.6 is 0 Å². The Morgan fingerprint density at radius 1 is 1.26 bits per heavy atom. The van der Waals surface area contributed by atoms with E-state index in [9.17, 15) is 4.79 Å². The van der Waals surface area contributed by atoms with Crippen molar-refractivity contribution in [3.63, 3.8) is 0 Å². The van der Waals surface area contributed by atoms with Crippen molar-refractivity contribution in [2.24, 2.45) is 4.99 Å². The van der Waals surface area contributed by atoms with Gasteiger partial charge in [-0.1, -0.05) is 12.8 Å². The van der Waals surface area contributed by atoms with Gasteiger partial charge in [0.1, 0.15) is 12.1 Å². The summed E-state index contributed by atoms with van der Waals surface area (Å²) in [5, 5.41) is 6.48. The summed E-state index contributed by atoms with van der Waals surface area (Å²) in [5.74, 6) is 0.411. The first-order valence-electron chi connectivity index (χ1n) is 8.80. The average Bonchev–Trinajstić information content (AvgIpc) is 3.12. The van der Waals surface area contributed by atoms with E-state index in [1.165, 1.54) is 25.7 Å². The summed E-state index contributed by atoms with van der Waals surface area (Å²) in [6.45, 7) is 7.97. The van der Waals surface area contributed by atoms with E-state index < -0.39 is 5.60 Å². The van der Waals surface area contributed by atoms with Crippen molar-refractivity contribution >= 4 is 11.9 Å². The Morgan fingerprint density at radius 2 is 1.96 bits per heavy atom. The molecule has 23 heavy (non-hydrogen) atoms. The second kappa shape index (κ2) is 7.99. The van der Waals surface area contributed by atoms with Crippen LogP contribution in [0, 0.1) is 0 Å². The largest absolute Gasteiger partial charge is 0.459 e. The first-order chi connectivity index (χ1) is 10.9. The number of likely N-dealkylation sites (tertiary alicyclic amines) is 1. The first-order valence-corrected chi connectivity index (χ1v) is 8.80. The molecule has 2 fully saturated rings. The standard InChI is InChI=1S/C17H32N4O2/c1-17(2,3)23-15(22)11-19-16(18-4)20-13-9-10-21(12-13)14-7-5-6-8-14/h13-14H,5-12H2,1-4H3,(H2,18,19,20). The van der Waals surface area contributed by atoms with Gasteiger partial charge in [0, 0.05) is 32.2 Å². The summed E-state index contributed by atoms with van der Waals surface area (Å²) in [5.41, 5.74) is -0.455. The van der Waals surface area contributed by atoms with E-state index in [1.807, 2.05) is 20.8 Å². The van der Waals surface area contributed by atoms with E-state index in [-0.39, 0.29) is 12.5 Å². The Labute approximate surface area is 140 Å². The predicted octanol–water partition coefficient (Wildman–Crippen LogP) is 1.51. The molecule has 1 saturated carbocycles. The van der Waals surface area contributed by atoms with Crippen LogP contribution in [0.1, 0.15) is 52.9 Å². The van der Waals surface area contributed by atoms with Crippen molar-refractivity contribution in [2.75, 3.05) is 26.7 Å². The molecule has 0 aromatic heterocycles. The van der Waals surface area contributed by atoms with Gasteiger partial charge in [0.25, 0.3) is 0 Å². The van der Waals surface area contributed by atoms with Gasteiger partial charge in [-0.2, -0.15) is 0 Å². The van der Waals surface area contributed by atoms with Crippen molar-refractivity contribution in [3.05, 3.63) is 0 Å². The smallest absolute Gasteiger partial charge is 0.325 e. The van der Waals surface area contributed by atoms with Gasteiger partial charge in [0.2, 0.25) is 0 Å². The third-order valence-electron chi connectivity index (χ3n) is 4.45. The van der Waals surface area contributed by atoms with Crippen molar-refractivity contribution in [3.8, 4) is 0 Å². The minimum atomic E-state index is -0.455. The highest BCUT2D eigenvalue weighted by molar-refractivity contribution is 5.84. The van der Waals surface area contributed by atoms with Gasteiger partial charge in [0.15, 0.2) is 5.96 Å². The lowest BCUT2D eigenvalue weighted by Crippen LogP contribution is -2.47. The van der Waals surface area contributed by atoms with Crippen LogP contribution in [0.15, 0.2) is 4.99 Å². The zero-order chi connectivity index (χ0) is 16.9. The highest BCUT2D eigenvalue weighted by atomic mass is 16.6. The molecule has 2 N–H and O–H groups in total. The Balaban J connectivity index is 1.72. The minimum Gasteiger partial charge on any atom is -0.459 e. The molecule has 0 aromatic rings. The second-order valence-electron chi connectivity index (χ2n) is 7.58. The molecule has 6 nitrogen and oxygen atoms in total. The summed E-state index contributed by atoms with van der Waals surface area (Å²) in [7, 11) is 1.73. The molecule has 1 saturated heterocycles. The van der Waals surface area contributed by atoms with E-state index in [2.05, 4.69) is 20.5 Å². The Morgan fingerprint density at radius 3 is 2.57 bits per heavy atom. The average molecular weight is 324 g/mol.